The van der Waals surface area contributed by atoms with E-state index in [1.807, 2.05) is 24.3 Å². The van der Waals surface area contributed by atoms with E-state index in [0.29, 0.717) is 0 Å². The zero-order chi connectivity index (χ0) is 15.8. The van der Waals surface area contributed by atoms with Gasteiger partial charge in [0.25, 0.3) is 0 Å². The van der Waals surface area contributed by atoms with Crippen LogP contribution in [0.15, 0.2) is 24.3 Å². The van der Waals surface area contributed by atoms with Gasteiger partial charge in [-0.3, -0.25) is 20.4 Å². The number of carbonyl (C=O) groups is 2. The smallest absolute Gasteiger partial charge is 0.327 e. The molecule has 0 saturated heterocycles. The van der Waals surface area contributed by atoms with Crippen LogP contribution in [0.3, 0.4) is 0 Å². The summed E-state index contributed by atoms with van der Waals surface area (Å²) >= 11 is 5.04. The third kappa shape index (κ3) is 6.22. The topological polar surface area (TPSA) is 82.3 Å². The van der Waals surface area contributed by atoms with Gasteiger partial charge in [0, 0.05) is 11.7 Å². The van der Waals surface area contributed by atoms with Gasteiger partial charge in [0.15, 0.2) is 5.11 Å². The molecule has 0 aliphatic heterocycles. The van der Waals surface area contributed by atoms with Crippen LogP contribution in [0.1, 0.15) is 26.3 Å². The maximum atomic E-state index is 11.5. The summed E-state index contributed by atoms with van der Waals surface area (Å²) in [5.74, 6) is -1.51. The number of hydrogen-bond acceptors (Lipinski definition) is 3. The van der Waals surface area contributed by atoms with Gasteiger partial charge in [-0.15, -0.1) is 0 Å². The fraction of sp³-hybridized carbons (Fsp3) is 0.357. The van der Waals surface area contributed by atoms with Gasteiger partial charge >= 0.3 is 11.8 Å². The molecule has 0 heterocycles. The molecule has 21 heavy (non-hydrogen) atoms. The zero-order valence-corrected chi connectivity index (χ0v) is 13.1. The number of benzene rings is 1. The highest BCUT2D eigenvalue weighted by Crippen LogP contribution is 2.10. The van der Waals surface area contributed by atoms with E-state index in [-0.39, 0.29) is 11.2 Å². The van der Waals surface area contributed by atoms with Crippen LogP contribution in [0.25, 0.3) is 0 Å². The summed E-state index contributed by atoms with van der Waals surface area (Å²) in [5, 5.41) is 5.60. The second-order valence-corrected chi connectivity index (χ2v) is 5.12. The minimum atomic E-state index is -0.796. The second-order valence-electron chi connectivity index (χ2n) is 4.72. The van der Waals surface area contributed by atoms with Crippen LogP contribution >= 0.6 is 12.2 Å². The summed E-state index contributed by atoms with van der Waals surface area (Å²) in [6, 6.07) is 7.64. The number of nitrogens with one attached hydrogen (secondary N) is 4. The lowest BCUT2D eigenvalue weighted by Gasteiger charge is -2.13. The van der Waals surface area contributed by atoms with Gasteiger partial charge in [0.2, 0.25) is 0 Å². The number of amides is 2. The molecule has 0 atom stereocenters. The zero-order valence-electron chi connectivity index (χ0n) is 12.3. The molecular weight excluding hydrogens is 288 g/mol. The summed E-state index contributed by atoms with van der Waals surface area (Å²) in [6.45, 7) is 5.60. The van der Waals surface area contributed by atoms with Crippen molar-refractivity contribution in [2.75, 3.05) is 5.32 Å². The lowest BCUT2D eigenvalue weighted by atomic mass is 10.1. The second kappa shape index (κ2) is 8.21. The number of thiocarbonyl (C=S) groups is 1. The first kappa shape index (κ1) is 16.9. The fourth-order valence-corrected chi connectivity index (χ4v) is 1.70. The van der Waals surface area contributed by atoms with E-state index in [1.165, 1.54) is 5.56 Å². The van der Waals surface area contributed by atoms with Crippen LogP contribution in [0.4, 0.5) is 5.69 Å². The molecule has 0 aliphatic rings. The van der Waals surface area contributed by atoms with Gasteiger partial charge in [-0.1, -0.05) is 19.1 Å². The lowest BCUT2D eigenvalue weighted by Crippen LogP contribution is -2.50. The van der Waals surface area contributed by atoms with Crippen molar-refractivity contribution >= 4 is 34.8 Å². The Balaban J connectivity index is 2.43. The Morgan fingerprint density at radius 3 is 2.52 bits per heavy atom. The van der Waals surface area contributed by atoms with E-state index >= 15 is 0 Å². The van der Waals surface area contributed by atoms with E-state index < -0.39 is 11.8 Å². The van der Waals surface area contributed by atoms with Gasteiger partial charge in [-0.2, -0.15) is 0 Å². The molecular formula is C14H20N4O2S. The Morgan fingerprint density at radius 1 is 1.19 bits per heavy atom. The maximum Gasteiger partial charge on any atom is 0.327 e. The molecule has 7 heteroatoms. The average Bonchev–Trinajstić information content (AvgIpc) is 2.44. The van der Waals surface area contributed by atoms with E-state index in [2.05, 4.69) is 28.4 Å². The number of rotatable bonds is 3. The first-order valence-electron chi connectivity index (χ1n) is 6.69. The molecule has 4 N–H and O–H groups in total. The predicted molar refractivity (Wildman–Crippen MR) is 86.6 cm³/mol. The number of aryl methyl sites for hydroxylation is 1. The van der Waals surface area contributed by atoms with Crippen LogP contribution in [0.5, 0.6) is 0 Å². The fourth-order valence-electron chi connectivity index (χ4n) is 1.53. The predicted octanol–water partition coefficient (Wildman–Crippen LogP) is 1.09. The monoisotopic (exact) mass is 308 g/mol. The van der Waals surface area contributed by atoms with E-state index in [9.17, 15) is 9.59 Å². The van der Waals surface area contributed by atoms with Crippen LogP contribution < -0.4 is 21.5 Å². The molecule has 0 saturated carbocycles. The maximum absolute atomic E-state index is 11.5. The Hall–Kier alpha value is -2.15. The molecule has 114 valence electrons. The van der Waals surface area contributed by atoms with Crippen molar-refractivity contribution in [3.63, 3.8) is 0 Å². The minimum absolute atomic E-state index is 0.106. The van der Waals surface area contributed by atoms with Crippen LogP contribution in [0.2, 0.25) is 0 Å². The minimum Gasteiger partial charge on any atom is -0.346 e. The number of hydrazine groups is 1. The summed E-state index contributed by atoms with van der Waals surface area (Å²) < 4.78 is 0. The van der Waals surface area contributed by atoms with Gasteiger partial charge in [0.05, 0.1) is 0 Å². The number of anilines is 1. The van der Waals surface area contributed by atoms with Crippen LogP contribution in [0, 0.1) is 0 Å². The molecule has 6 nitrogen and oxygen atoms in total. The van der Waals surface area contributed by atoms with Crippen molar-refractivity contribution < 1.29 is 9.59 Å². The molecule has 0 radical (unpaired) electrons. The Morgan fingerprint density at radius 2 is 1.90 bits per heavy atom. The Kier molecular flexibility index (Phi) is 6.61. The molecule has 1 rings (SSSR count). The SMILES string of the molecule is CCc1cccc(NC(=S)NNC(=O)C(=O)NC(C)C)c1. The Bertz CT molecular complexity index is 531. The highest BCUT2D eigenvalue weighted by atomic mass is 32.1. The molecule has 0 fully saturated rings. The number of hydrogen-bond donors (Lipinski definition) is 4. The van der Waals surface area contributed by atoms with E-state index in [1.54, 1.807) is 13.8 Å². The first-order valence-corrected chi connectivity index (χ1v) is 7.10. The van der Waals surface area contributed by atoms with Crippen LogP contribution in [-0.4, -0.2) is 23.0 Å². The first-order chi connectivity index (χ1) is 9.92. The van der Waals surface area contributed by atoms with Crippen molar-refractivity contribution in [2.45, 2.75) is 33.2 Å². The van der Waals surface area contributed by atoms with Crippen molar-refractivity contribution in [2.24, 2.45) is 0 Å². The van der Waals surface area contributed by atoms with Crippen molar-refractivity contribution in [3.8, 4) is 0 Å². The molecule has 0 bridgehead atoms. The normalized spacial score (nSPS) is 9.90. The molecule has 0 aromatic heterocycles. The number of carbonyl (C=O) groups excluding carboxylic acids is 2. The van der Waals surface area contributed by atoms with Crippen molar-refractivity contribution in [1.29, 1.82) is 0 Å². The molecule has 2 amide bonds. The molecule has 0 spiro atoms. The Labute approximate surface area is 129 Å². The highest BCUT2D eigenvalue weighted by Gasteiger charge is 2.14. The summed E-state index contributed by atoms with van der Waals surface area (Å²) in [4.78, 5) is 22.8. The van der Waals surface area contributed by atoms with Gasteiger partial charge < -0.3 is 10.6 Å². The standard InChI is InChI=1S/C14H20N4O2S/c1-4-10-6-5-7-11(8-10)16-14(21)18-17-13(20)12(19)15-9(2)3/h5-9H,4H2,1-3H3,(H,15,19)(H,17,20)(H2,16,18,21). The van der Waals surface area contributed by atoms with Gasteiger partial charge in [-0.05, 0) is 50.2 Å². The summed E-state index contributed by atoms with van der Waals surface area (Å²) in [5.41, 5.74) is 6.70. The van der Waals surface area contributed by atoms with Crippen LogP contribution in [-0.2, 0) is 16.0 Å². The van der Waals surface area contributed by atoms with Crippen molar-refractivity contribution in [1.82, 2.24) is 16.2 Å². The third-order valence-electron chi connectivity index (χ3n) is 2.51. The summed E-state index contributed by atoms with van der Waals surface area (Å²) in [6.07, 6.45) is 0.918. The quantitative estimate of drug-likeness (QED) is 0.382. The highest BCUT2D eigenvalue weighted by molar-refractivity contribution is 7.80. The summed E-state index contributed by atoms with van der Waals surface area (Å²) in [7, 11) is 0. The van der Waals surface area contributed by atoms with Gasteiger partial charge in [0.1, 0.15) is 0 Å². The van der Waals surface area contributed by atoms with Crippen molar-refractivity contribution in [3.05, 3.63) is 29.8 Å². The van der Waals surface area contributed by atoms with E-state index in [4.69, 9.17) is 12.2 Å². The molecule has 0 aliphatic carbocycles. The van der Waals surface area contributed by atoms with E-state index in [0.717, 1.165) is 12.1 Å². The molecule has 0 unspecified atom stereocenters. The van der Waals surface area contributed by atoms with Gasteiger partial charge in [-0.25, -0.2) is 0 Å². The average molecular weight is 308 g/mol. The lowest BCUT2D eigenvalue weighted by molar-refractivity contribution is -0.139. The largest absolute Gasteiger partial charge is 0.346 e. The molecule has 1 aromatic rings. The third-order valence-corrected chi connectivity index (χ3v) is 2.71. The molecule has 1 aromatic carbocycles.